The van der Waals surface area contributed by atoms with Crippen molar-refractivity contribution in [1.82, 2.24) is 5.32 Å². The van der Waals surface area contributed by atoms with Gasteiger partial charge in [-0.15, -0.1) is 0 Å². The summed E-state index contributed by atoms with van der Waals surface area (Å²) >= 11 is 0. The number of amides is 1. The number of allylic oxidation sites excluding steroid dienone is 7. The number of rotatable bonds is 38. The maximum absolute atomic E-state index is 12.3. The zero-order valence-corrected chi connectivity index (χ0v) is 32.7. The summed E-state index contributed by atoms with van der Waals surface area (Å²) < 4.78 is 0. The number of hydrogen-bond donors (Lipinski definition) is 3. The lowest BCUT2D eigenvalue weighted by molar-refractivity contribution is -0.123. The second kappa shape index (κ2) is 40.8. The van der Waals surface area contributed by atoms with Gasteiger partial charge < -0.3 is 15.5 Å². The fourth-order valence-corrected chi connectivity index (χ4v) is 6.20. The van der Waals surface area contributed by atoms with Crippen LogP contribution in [0.5, 0.6) is 0 Å². The predicted octanol–water partition coefficient (Wildman–Crippen LogP) is 13.2. The molecule has 0 fully saturated rings. The van der Waals surface area contributed by atoms with Crippen LogP contribution in [0.4, 0.5) is 0 Å². The molecule has 0 radical (unpaired) electrons. The molecule has 0 heterocycles. The van der Waals surface area contributed by atoms with Gasteiger partial charge in [0, 0.05) is 6.42 Å². The van der Waals surface area contributed by atoms with Crippen LogP contribution in [0.3, 0.4) is 0 Å². The average Bonchev–Trinajstić information content (AvgIpc) is 3.10. The molecule has 2 atom stereocenters. The molecule has 0 saturated heterocycles. The van der Waals surface area contributed by atoms with Gasteiger partial charge in [-0.05, 0) is 70.6 Å². The van der Waals surface area contributed by atoms with Crippen molar-refractivity contribution in [2.75, 3.05) is 6.61 Å². The van der Waals surface area contributed by atoms with Gasteiger partial charge in [0.15, 0.2) is 0 Å². The van der Waals surface area contributed by atoms with E-state index in [9.17, 15) is 15.0 Å². The topological polar surface area (TPSA) is 69.6 Å². The Labute approximate surface area is 305 Å². The Balaban J connectivity index is 3.65. The van der Waals surface area contributed by atoms with E-state index in [-0.39, 0.29) is 12.5 Å². The minimum Gasteiger partial charge on any atom is -0.394 e. The smallest absolute Gasteiger partial charge is 0.220 e. The first-order chi connectivity index (χ1) is 24.2. The van der Waals surface area contributed by atoms with Gasteiger partial charge >= 0.3 is 0 Å². The maximum Gasteiger partial charge on any atom is 0.220 e. The molecule has 4 heteroatoms. The summed E-state index contributed by atoms with van der Waals surface area (Å²) in [6, 6.07) is -0.649. The quantitative estimate of drug-likeness (QED) is 0.0447. The van der Waals surface area contributed by atoms with E-state index in [2.05, 4.69) is 55.6 Å². The van der Waals surface area contributed by atoms with Crippen LogP contribution < -0.4 is 5.32 Å². The third-order valence-corrected chi connectivity index (χ3v) is 9.51. The summed E-state index contributed by atoms with van der Waals surface area (Å²) in [4.78, 5) is 12.3. The van der Waals surface area contributed by atoms with Crippen molar-refractivity contribution in [2.45, 2.75) is 225 Å². The number of hydrogen-bond acceptors (Lipinski definition) is 3. The third kappa shape index (κ3) is 37.4. The van der Waals surface area contributed by atoms with Crippen LogP contribution in [-0.4, -0.2) is 34.9 Å². The molecule has 3 N–H and O–H groups in total. The molecular weight excluding hydrogens is 602 g/mol. The minimum absolute atomic E-state index is 0.0888. The van der Waals surface area contributed by atoms with E-state index in [1.807, 2.05) is 6.08 Å². The van der Waals surface area contributed by atoms with Crippen molar-refractivity contribution in [3.8, 4) is 0 Å². The Hall–Kier alpha value is -1.65. The van der Waals surface area contributed by atoms with Crippen molar-refractivity contribution in [3.63, 3.8) is 0 Å². The van der Waals surface area contributed by atoms with Gasteiger partial charge in [-0.25, -0.2) is 0 Å². The summed E-state index contributed by atoms with van der Waals surface area (Å²) in [6.07, 6.45) is 55.1. The number of aliphatic hydroxyl groups excluding tert-OH is 2. The lowest BCUT2D eigenvalue weighted by Crippen LogP contribution is -2.45. The largest absolute Gasteiger partial charge is 0.394 e. The summed E-state index contributed by atoms with van der Waals surface area (Å²) in [5, 5.41) is 22.9. The van der Waals surface area contributed by atoms with E-state index in [1.54, 1.807) is 6.08 Å². The monoisotopic (exact) mass is 686 g/mol. The summed E-state index contributed by atoms with van der Waals surface area (Å²) in [6.45, 7) is 4.27. The molecule has 0 aromatic carbocycles. The molecule has 2 unspecified atom stereocenters. The first-order valence-electron chi connectivity index (χ1n) is 21.4. The van der Waals surface area contributed by atoms with Crippen molar-refractivity contribution >= 4 is 5.91 Å². The van der Waals surface area contributed by atoms with Crippen LogP contribution in [0, 0.1) is 0 Å². The zero-order valence-electron chi connectivity index (χ0n) is 32.7. The van der Waals surface area contributed by atoms with Crippen molar-refractivity contribution in [1.29, 1.82) is 0 Å². The van der Waals surface area contributed by atoms with Gasteiger partial charge in [0.25, 0.3) is 0 Å². The molecule has 286 valence electrons. The molecule has 4 nitrogen and oxygen atoms in total. The van der Waals surface area contributed by atoms with E-state index in [0.717, 1.165) is 51.4 Å². The predicted molar refractivity (Wildman–Crippen MR) is 216 cm³/mol. The standard InChI is InChI=1S/C45H83NO3/c1-3-5-7-9-11-13-15-17-18-19-20-21-22-23-24-25-26-27-29-30-32-34-36-38-40-44(48)43(42-47)46-45(49)41-39-37-35-33-31-28-16-14-12-10-8-6-4-2/h14,16,25-26,30,32,38,40,43-44,47-48H,3-13,15,17-24,27-29,31,33-37,39,41-42H2,1-2H3,(H,46,49)/b16-14-,26-25+,32-30+,40-38+. The second-order valence-electron chi connectivity index (χ2n) is 14.4. The molecule has 0 aromatic heterocycles. The van der Waals surface area contributed by atoms with Crippen LogP contribution in [0.1, 0.15) is 213 Å². The highest BCUT2D eigenvalue weighted by Crippen LogP contribution is 2.14. The molecule has 0 saturated carbocycles. The van der Waals surface area contributed by atoms with Gasteiger partial charge in [-0.1, -0.05) is 184 Å². The van der Waals surface area contributed by atoms with Gasteiger partial charge in [-0.2, -0.15) is 0 Å². The number of aliphatic hydroxyl groups is 2. The third-order valence-electron chi connectivity index (χ3n) is 9.51. The van der Waals surface area contributed by atoms with Crippen LogP contribution >= 0.6 is 0 Å². The van der Waals surface area contributed by atoms with E-state index >= 15 is 0 Å². The molecule has 1 amide bonds. The number of unbranched alkanes of at least 4 members (excludes halogenated alkanes) is 25. The van der Waals surface area contributed by atoms with Crippen LogP contribution in [0.15, 0.2) is 48.6 Å². The lowest BCUT2D eigenvalue weighted by Gasteiger charge is -2.19. The normalized spacial score (nSPS) is 13.5. The van der Waals surface area contributed by atoms with Gasteiger partial charge in [0.1, 0.15) is 0 Å². The SMILES string of the molecule is CCCCCC/C=C\CCCCCCCC(=O)NC(CO)C(O)/C=C/CC/C=C/CC/C=C/CCCCCCCCCCCCCCCC. The molecule has 0 aromatic rings. The summed E-state index contributed by atoms with van der Waals surface area (Å²) in [5.41, 5.74) is 0. The molecular formula is C45H83NO3. The molecule has 0 aliphatic heterocycles. The molecule has 0 aliphatic carbocycles. The van der Waals surface area contributed by atoms with Gasteiger partial charge in [0.05, 0.1) is 18.8 Å². The number of carbonyl (C=O) groups excluding carboxylic acids is 1. The van der Waals surface area contributed by atoms with E-state index in [4.69, 9.17) is 0 Å². The lowest BCUT2D eigenvalue weighted by atomic mass is 10.0. The van der Waals surface area contributed by atoms with Gasteiger partial charge in [-0.3, -0.25) is 4.79 Å². The number of nitrogens with one attached hydrogen (secondary N) is 1. The molecule has 0 aliphatic rings. The minimum atomic E-state index is -0.873. The Morgan fingerprint density at radius 1 is 0.469 bits per heavy atom. The molecule has 0 spiro atoms. The molecule has 0 rings (SSSR count). The molecule has 49 heavy (non-hydrogen) atoms. The molecule has 0 bridgehead atoms. The zero-order chi connectivity index (χ0) is 35.7. The fourth-order valence-electron chi connectivity index (χ4n) is 6.20. The van der Waals surface area contributed by atoms with Gasteiger partial charge in [0.2, 0.25) is 5.91 Å². The fraction of sp³-hybridized carbons (Fsp3) is 0.800. The van der Waals surface area contributed by atoms with Crippen LogP contribution in [0.25, 0.3) is 0 Å². The Morgan fingerprint density at radius 3 is 1.20 bits per heavy atom. The van der Waals surface area contributed by atoms with E-state index in [0.29, 0.717) is 6.42 Å². The summed E-state index contributed by atoms with van der Waals surface area (Å²) in [7, 11) is 0. The van der Waals surface area contributed by atoms with Crippen molar-refractivity contribution < 1.29 is 15.0 Å². The van der Waals surface area contributed by atoms with E-state index in [1.165, 1.54) is 141 Å². The second-order valence-corrected chi connectivity index (χ2v) is 14.4. The van der Waals surface area contributed by atoms with Crippen molar-refractivity contribution in [2.24, 2.45) is 0 Å². The Kier molecular flexibility index (Phi) is 39.4. The first-order valence-corrected chi connectivity index (χ1v) is 21.4. The highest BCUT2D eigenvalue weighted by atomic mass is 16.3. The van der Waals surface area contributed by atoms with E-state index < -0.39 is 12.1 Å². The number of carbonyl (C=O) groups is 1. The maximum atomic E-state index is 12.3. The van der Waals surface area contributed by atoms with Crippen LogP contribution in [0.2, 0.25) is 0 Å². The highest BCUT2D eigenvalue weighted by molar-refractivity contribution is 5.76. The van der Waals surface area contributed by atoms with Crippen molar-refractivity contribution in [3.05, 3.63) is 48.6 Å². The summed E-state index contributed by atoms with van der Waals surface area (Å²) in [5.74, 6) is -0.0888. The first kappa shape index (κ1) is 47.4. The highest BCUT2D eigenvalue weighted by Gasteiger charge is 2.17. The Bertz CT molecular complexity index is 786. The average molecular weight is 686 g/mol. The Morgan fingerprint density at radius 2 is 0.796 bits per heavy atom. The van der Waals surface area contributed by atoms with Crippen LogP contribution in [-0.2, 0) is 4.79 Å².